The summed E-state index contributed by atoms with van der Waals surface area (Å²) in [6.07, 6.45) is -1.53. The summed E-state index contributed by atoms with van der Waals surface area (Å²) in [4.78, 5) is 101. The normalized spacial score (nSPS) is 13.5. The van der Waals surface area contributed by atoms with Gasteiger partial charge in [0.25, 0.3) is 5.56 Å². The number of carbonyl (C=O) groups excluding carboxylic acids is 5. The standard InChI is InChI=1S/C31H43FN8O9/c1-16(2)10-20(37-28(45)22(35-23(41)13-33)12-18-8-6-5-7-9-18)27(44)34-14-24(42)36-21(11-17(3)4)29(46)38-25(30(47)48)40-15-19(32)26(43)39-31(40)49/h5-9,15-17,20-22,25H,10-14,33H2,1-4H3,(H,34,44)(H,35,41)(H,36,42)(H,37,45)(H,38,46)(H,47,48)(H,39,43,49)/t20-,21-,22-,25?/m0/s1. The third-order valence-corrected chi connectivity index (χ3v) is 6.96. The molecule has 1 heterocycles. The molecule has 0 aliphatic heterocycles. The summed E-state index contributed by atoms with van der Waals surface area (Å²) < 4.78 is 14.1. The molecule has 0 aliphatic carbocycles. The van der Waals surface area contributed by atoms with Crippen LogP contribution in [-0.4, -0.2) is 81.4 Å². The first kappa shape index (κ1) is 39.8. The number of carbonyl (C=O) groups is 6. The number of hydrogen-bond acceptors (Lipinski definition) is 9. The maximum atomic E-state index is 13.8. The maximum Gasteiger partial charge on any atom is 0.347 e. The lowest BCUT2D eigenvalue weighted by molar-refractivity contribution is -0.145. The Bertz CT molecular complexity index is 1610. The van der Waals surface area contributed by atoms with Gasteiger partial charge in [0.2, 0.25) is 41.5 Å². The lowest BCUT2D eigenvalue weighted by atomic mass is 10.0. The average Bonchev–Trinajstić information content (AvgIpc) is 3.03. The summed E-state index contributed by atoms with van der Waals surface area (Å²) in [5.74, 6) is -7.39. The minimum Gasteiger partial charge on any atom is -0.478 e. The molecule has 0 spiro atoms. The molecule has 1 unspecified atom stereocenters. The second kappa shape index (κ2) is 18.8. The Kier molecular flexibility index (Phi) is 15.3. The van der Waals surface area contributed by atoms with E-state index < -0.39 is 83.4 Å². The molecule has 17 nitrogen and oxygen atoms in total. The molecule has 0 fully saturated rings. The highest BCUT2D eigenvalue weighted by Crippen LogP contribution is 2.10. The first-order valence-corrected chi connectivity index (χ1v) is 15.5. The highest BCUT2D eigenvalue weighted by molar-refractivity contribution is 5.95. The minimum atomic E-state index is -2.14. The number of amides is 5. The summed E-state index contributed by atoms with van der Waals surface area (Å²) in [5, 5.41) is 21.7. The van der Waals surface area contributed by atoms with Crippen LogP contribution in [0.2, 0.25) is 0 Å². The van der Waals surface area contributed by atoms with Gasteiger partial charge in [-0.2, -0.15) is 4.39 Å². The fourth-order valence-corrected chi connectivity index (χ4v) is 4.66. The topological polar surface area (TPSA) is 264 Å². The number of halogens is 1. The fourth-order valence-electron chi connectivity index (χ4n) is 4.66. The largest absolute Gasteiger partial charge is 0.478 e. The first-order valence-electron chi connectivity index (χ1n) is 15.5. The van der Waals surface area contributed by atoms with E-state index in [9.17, 15) is 47.9 Å². The maximum absolute atomic E-state index is 13.8. The number of aromatic nitrogens is 2. The molecule has 0 saturated carbocycles. The van der Waals surface area contributed by atoms with Crippen molar-refractivity contribution in [3.8, 4) is 0 Å². The molecule has 0 aliphatic rings. The monoisotopic (exact) mass is 690 g/mol. The van der Waals surface area contributed by atoms with Crippen LogP contribution in [0.3, 0.4) is 0 Å². The molecule has 2 rings (SSSR count). The Labute approximate surface area is 280 Å². The van der Waals surface area contributed by atoms with Crippen LogP contribution in [0.5, 0.6) is 0 Å². The zero-order chi connectivity index (χ0) is 36.8. The number of nitrogens with two attached hydrogens (primary N) is 1. The fraction of sp³-hybridized carbons (Fsp3) is 0.484. The van der Waals surface area contributed by atoms with E-state index in [1.54, 1.807) is 49.2 Å². The number of H-pyrrole nitrogens is 1. The van der Waals surface area contributed by atoms with Crippen molar-refractivity contribution in [2.45, 2.75) is 71.2 Å². The number of nitrogens with one attached hydrogen (secondary N) is 6. The molecule has 49 heavy (non-hydrogen) atoms. The van der Waals surface area contributed by atoms with Crippen molar-refractivity contribution in [3.63, 3.8) is 0 Å². The Morgan fingerprint density at radius 1 is 0.816 bits per heavy atom. The van der Waals surface area contributed by atoms with Crippen molar-refractivity contribution in [1.82, 2.24) is 36.1 Å². The van der Waals surface area contributed by atoms with Gasteiger partial charge >= 0.3 is 11.7 Å². The summed E-state index contributed by atoms with van der Waals surface area (Å²) in [7, 11) is 0. The van der Waals surface area contributed by atoms with Crippen LogP contribution in [0.15, 0.2) is 46.1 Å². The van der Waals surface area contributed by atoms with Crippen molar-refractivity contribution < 1.29 is 38.3 Å². The summed E-state index contributed by atoms with van der Waals surface area (Å²) in [5.41, 5.74) is 3.48. The number of aromatic amines is 1. The summed E-state index contributed by atoms with van der Waals surface area (Å²) >= 11 is 0. The van der Waals surface area contributed by atoms with E-state index in [0.29, 0.717) is 6.20 Å². The number of nitrogens with zero attached hydrogens (tertiary/aromatic N) is 1. The molecule has 1 aromatic heterocycles. The van der Waals surface area contributed by atoms with Crippen molar-refractivity contribution in [2.75, 3.05) is 13.1 Å². The van der Waals surface area contributed by atoms with Gasteiger partial charge in [-0.05, 0) is 30.2 Å². The number of carboxylic acids is 1. The predicted molar refractivity (Wildman–Crippen MR) is 173 cm³/mol. The third kappa shape index (κ3) is 13.0. The first-order chi connectivity index (χ1) is 23.0. The highest BCUT2D eigenvalue weighted by Gasteiger charge is 2.31. The number of hydrogen-bond donors (Lipinski definition) is 8. The van der Waals surface area contributed by atoms with Crippen LogP contribution in [0.1, 0.15) is 52.3 Å². The molecular weight excluding hydrogens is 647 g/mol. The van der Waals surface area contributed by atoms with Gasteiger partial charge < -0.3 is 37.4 Å². The van der Waals surface area contributed by atoms with Gasteiger partial charge in [0.1, 0.15) is 18.1 Å². The molecular formula is C31H43FN8O9. The Hall–Kier alpha value is -5.39. The molecule has 1 aromatic carbocycles. The van der Waals surface area contributed by atoms with Gasteiger partial charge in [-0.3, -0.25) is 38.3 Å². The number of carboxylic acid groups (broad SMARTS) is 1. The van der Waals surface area contributed by atoms with Gasteiger partial charge in [0.05, 0.1) is 19.3 Å². The summed E-state index contributed by atoms with van der Waals surface area (Å²) in [6, 6.07) is 5.33. The SMILES string of the molecule is CC(C)C[C@H](NC(=O)CNC(=O)[C@H](CC(C)C)NC(=O)[C@H](Cc1ccccc1)NC(=O)CN)C(=O)NC(C(=O)O)n1cc(F)c(=O)[nH]c1=O. The molecule has 0 bridgehead atoms. The smallest absolute Gasteiger partial charge is 0.347 e. The van der Waals surface area contributed by atoms with E-state index in [-0.39, 0.29) is 42.2 Å². The Morgan fingerprint density at radius 3 is 1.92 bits per heavy atom. The zero-order valence-corrected chi connectivity index (χ0v) is 27.6. The Balaban J connectivity index is 2.15. The quantitative estimate of drug-likeness (QED) is 0.0873. The molecule has 9 N–H and O–H groups in total. The number of aliphatic carboxylic acids is 1. The van der Waals surface area contributed by atoms with E-state index in [0.717, 1.165) is 5.56 Å². The van der Waals surface area contributed by atoms with Crippen molar-refractivity contribution in [2.24, 2.45) is 17.6 Å². The zero-order valence-electron chi connectivity index (χ0n) is 27.6. The molecule has 268 valence electrons. The van der Waals surface area contributed by atoms with Crippen LogP contribution in [0.4, 0.5) is 4.39 Å². The molecule has 0 saturated heterocycles. The molecule has 18 heteroatoms. The van der Waals surface area contributed by atoms with Crippen molar-refractivity contribution >= 4 is 35.5 Å². The van der Waals surface area contributed by atoms with Crippen LogP contribution in [-0.2, 0) is 35.2 Å². The van der Waals surface area contributed by atoms with E-state index in [2.05, 4.69) is 26.6 Å². The van der Waals surface area contributed by atoms with Gasteiger partial charge in [-0.15, -0.1) is 0 Å². The Morgan fingerprint density at radius 2 is 1.37 bits per heavy atom. The van der Waals surface area contributed by atoms with Gasteiger partial charge in [0, 0.05) is 6.42 Å². The van der Waals surface area contributed by atoms with Crippen LogP contribution < -0.4 is 43.6 Å². The minimum absolute atomic E-state index is 0.00387. The lowest BCUT2D eigenvalue weighted by Gasteiger charge is -2.25. The van der Waals surface area contributed by atoms with E-state index in [1.165, 1.54) is 0 Å². The lowest BCUT2D eigenvalue weighted by Crippen LogP contribution is -2.56. The van der Waals surface area contributed by atoms with Crippen LogP contribution in [0.25, 0.3) is 0 Å². The molecule has 0 radical (unpaired) electrons. The van der Waals surface area contributed by atoms with Crippen molar-refractivity contribution in [3.05, 3.63) is 68.7 Å². The molecule has 4 atom stereocenters. The summed E-state index contributed by atoms with van der Waals surface area (Å²) in [6.45, 7) is 6.05. The second-order valence-electron chi connectivity index (χ2n) is 12.1. The number of benzene rings is 1. The van der Waals surface area contributed by atoms with E-state index in [4.69, 9.17) is 5.73 Å². The molecule has 5 amide bonds. The highest BCUT2D eigenvalue weighted by atomic mass is 19.1. The molecule has 2 aromatic rings. The third-order valence-electron chi connectivity index (χ3n) is 6.96. The van der Waals surface area contributed by atoms with Gasteiger partial charge in [-0.1, -0.05) is 58.0 Å². The van der Waals surface area contributed by atoms with Crippen LogP contribution >= 0.6 is 0 Å². The van der Waals surface area contributed by atoms with Gasteiger partial charge in [0.15, 0.2) is 0 Å². The van der Waals surface area contributed by atoms with E-state index >= 15 is 0 Å². The number of rotatable bonds is 18. The van der Waals surface area contributed by atoms with Gasteiger partial charge in [-0.25, -0.2) is 9.59 Å². The predicted octanol–water partition coefficient (Wildman–Crippen LogP) is -1.76. The van der Waals surface area contributed by atoms with E-state index in [1.807, 2.05) is 13.8 Å². The van der Waals surface area contributed by atoms with Crippen LogP contribution in [0, 0.1) is 17.7 Å². The average molecular weight is 691 g/mol. The van der Waals surface area contributed by atoms with Crippen molar-refractivity contribution in [1.29, 1.82) is 0 Å². The second-order valence-corrected chi connectivity index (χ2v) is 12.1.